The van der Waals surface area contributed by atoms with Crippen LogP contribution in [0.25, 0.3) is 0 Å². The van der Waals surface area contributed by atoms with Crippen molar-refractivity contribution in [1.29, 1.82) is 0 Å². The minimum atomic E-state index is 0.263. The molecule has 1 fully saturated rings. The molecule has 0 unspecified atom stereocenters. The van der Waals surface area contributed by atoms with Crippen molar-refractivity contribution in [2.75, 3.05) is 31.7 Å². The number of likely N-dealkylation sites (tertiary alicyclic amines) is 1. The number of ether oxygens (including phenoxy) is 2. The molecule has 3 rings (SSSR count). The fourth-order valence-corrected chi connectivity index (χ4v) is 2.82. The van der Waals surface area contributed by atoms with E-state index in [2.05, 4.69) is 16.1 Å². The Balaban J connectivity index is 1.63. The number of piperidine rings is 1. The Morgan fingerprint density at radius 3 is 2.70 bits per heavy atom. The summed E-state index contributed by atoms with van der Waals surface area (Å²) >= 11 is 6.27. The monoisotopic (exact) mass is 292 g/mol. The highest BCUT2D eigenvalue weighted by atomic mass is 35.5. The van der Waals surface area contributed by atoms with Crippen molar-refractivity contribution in [3.05, 3.63) is 17.2 Å². The number of hydrogen-bond donors (Lipinski definition) is 1. The smallest absolute Gasteiger partial charge is 0.231 e. The Labute approximate surface area is 124 Å². The van der Waals surface area contributed by atoms with E-state index in [-0.39, 0.29) is 6.79 Å². The molecule has 2 heterocycles. The molecule has 20 heavy (non-hydrogen) atoms. The number of hydrogen-bond acceptors (Lipinski definition) is 4. The van der Waals surface area contributed by atoms with Gasteiger partial charge in [0.15, 0.2) is 11.5 Å². The van der Waals surface area contributed by atoms with Crippen molar-refractivity contribution in [2.24, 2.45) is 0 Å². The van der Waals surface area contributed by atoms with Gasteiger partial charge in [0.2, 0.25) is 6.79 Å². The highest BCUT2D eigenvalue weighted by molar-refractivity contribution is 6.33. The number of rotatable bonds is 3. The van der Waals surface area contributed by atoms with Crippen LogP contribution in [-0.2, 0) is 0 Å². The third-order valence-corrected chi connectivity index (χ3v) is 4.04. The van der Waals surface area contributed by atoms with Crippen LogP contribution in [0.4, 0.5) is 5.69 Å². The van der Waals surface area contributed by atoms with Gasteiger partial charge in [0.05, 0.1) is 17.3 Å². The molecule has 1 aromatic carbocycles. The molecule has 1 N–H and O–H groups in total. The number of halogens is 1. The first-order chi connectivity index (χ1) is 9.76. The first-order valence-corrected chi connectivity index (χ1v) is 7.15. The van der Waals surface area contributed by atoms with E-state index < -0.39 is 0 Å². The van der Waals surface area contributed by atoms with E-state index in [0.717, 1.165) is 43.9 Å². The maximum atomic E-state index is 6.27. The summed E-state index contributed by atoms with van der Waals surface area (Å²) in [4.78, 5) is 2.29. The van der Waals surface area contributed by atoms with Crippen LogP contribution in [0.1, 0.15) is 12.8 Å². The quantitative estimate of drug-likeness (QED) is 0.868. The number of nitrogens with one attached hydrogen (secondary N) is 1. The van der Waals surface area contributed by atoms with Crippen LogP contribution in [0.15, 0.2) is 12.1 Å². The summed E-state index contributed by atoms with van der Waals surface area (Å²) in [5, 5.41) is 4.16. The van der Waals surface area contributed by atoms with Crippen LogP contribution >= 0.6 is 11.6 Å². The minimum absolute atomic E-state index is 0.263. The summed E-state index contributed by atoms with van der Waals surface area (Å²) in [7, 11) is 0. The molecule has 2 aliphatic heterocycles. The van der Waals surface area contributed by atoms with Gasteiger partial charge in [0, 0.05) is 31.3 Å². The summed E-state index contributed by atoms with van der Waals surface area (Å²) in [6, 6.07) is 4.14. The fraction of sp³-hybridized carbons (Fsp3) is 0.467. The highest BCUT2D eigenvalue weighted by Gasteiger charge is 2.21. The topological polar surface area (TPSA) is 33.7 Å². The van der Waals surface area contributed by atoms with Crippen molar-refractivity contribution in [3.63, 3.8) is 0 Å². The molecular weight excluding hydrogens is 276 g/mol. The van der Waals surface area contributed by atoms with Crippen LogP contribution in [-0.4, -0.2) is 37.4 Å². The van der Waals surface area contributed by atoms with Gasteiger partial charge in [-0.1, -0.05) is 17.5 Å². The van der Waals surface area contributed by atoms with Crippen molar-refractivity contribution in [1.82, 2.24) is 4.90 Å². The second-order valence-corrected chi connectivity index (χ2v) is 5.49. The molecule has 0 atom stereocenters. The maximum Gasteiger partial charge on any atom is 0.231 e. The predicted octanol–water partition coefficient (Wildman–Crippen LogP) is 2.58. The Morgan fingerprint density at radius 1 is 1.30 bits per heavy atom. The van der Waals surface area contributed by atoms with Gasteiger partial charge >= 0.3 is 0 Å². The predicted molar refractivity (Wildman–Crippen MR) is 79.5 cm³/mol. The molecule has 1 aromatic rings. The average molecular weight is 293 g/mol. The zero-order chi connectivity index (χ0) is 13.9. The van der Waals surface area contributed by atoms with Gasteiger partial charge in [0.1, 0.15) is 0 Å². The largest absolute Gasteiger partial charge is 0.454 e. The Kier molecular flexibility index (Phi) is 3.90. The maximum absolute atomic E-state index is 6.27. The zero-order valence-corrected chi connectivity index (χ0v) is 11.9. The summed E-state index contributed by atoms with van der Waals surface area (Å²) in [5.74, 6) is 4.16. The van der Waals surface area contributed by atoms with Crippen molar-refractivity contribution >= 4 is 17.3 Å². The van der Waals surface area contributed by atoms with Gasteiger partial charge < -0.3 is 14.8 Å². The molecule has 0 bridgehead atoms. The SMILES string of the molecule is C#CCN1CCC(Nc2cc3c(cc2Cl)OCO3)CC1. The molecule has 0 aromatic heterocycles. The lowest BCUT2D eigenvalue weighted by atomic mass is 10.0. The van der Waals surface area contributed by atoms with Crippen LogP contribution in [0, 0.1) is 12.3 Å². The molecule has 1 saturated heterocycles. The number of anilines is 1. The molecule has 4 nitrogen and oxygen atoms in total. The fourth-order valence-electron chi connectivity index (χ4n) is 2.61. The molecular formula is C15H17ClN2O2. The lowest BCUT2D eigenvalue weighted by Crippen LogP contribution is -2.39. The second-order valence-electron chi connectivity index (χ2n) is 5.08. The van der Waals surface area contributed by atoms with Crippen LogP contribution in [0.3, 0.4) is 0 Å². The van der Waals surface area contributed by atoms with E-state index in [1.165, 1.54) is 0 Å². The first kappa shape index (κ1) is 13.4. The van der Waals surface area contributed by atoms with Gasteiger partial charge in [-0.3, -0.25) is 4.90 Å². The molecule has 2 aliphatic rings. The van der Waals surface area contributed by atoms with Gasteiger partial charge in [-0.05, 0) is 12.8 Å². The molecule has 5 heteroatoms. The highest BCUT2D eigenvalue weighted by Crippen LogP contribution is 2.39. The van der Waals surface area contributed by atoms with Crippen molar-refractivity contribution in [3.8, 4) is 23.8 Å². The van der Waals surface area contributed by atoms with Crippen molar-refractivity contribution < 1.29 is 9.47 Å². The minimum Gasteiger partial charge on any atom is -0.454 e. The second kappa shape index (κ2) is 5.82. The van der Waals surface area contributed by atoms with Gasteiger partial charge in [-0.2, -0.15) is 0 Å². The van der Waals surface area contributed by atoms with E-state index in [1.807, 2.05) is 6.07 Å². The van der Waals surface area contributed by atoms with E-state index >= 15 is 0 Å². The summed E-state index contributed by atoms with van der Waals surface area (Å²) in [6.07, 6.45) is 7.46. The average Bonchev–Trinajstić information content (AvgIpc) is 2.89. The summed E-state index contributed by atoms with van der Waals surface area (Å²) < 4.78 is 10.7. The van der Waals surface area contributed by atoms with Gasteiger partial charge in [-0.25, -0.2) is 0 Å². The molecule has 0 aliphatic carbocycles. The molecule has 0 radical (unpaired) electrons. The first-order valence-electron chi connectivity index (χ1n) is 6.78. The number of fused-ring (bicyclic) bond motifs is 1. The zero-order valence-electron chi connectivity index (χ0n) is 11.2. The third kappa shape index (κ3) is 2.79. The Morgan fingerprint density at radius 2 is 2.00 bits per heavy atom. The molecule has 106 valence electrons. The lowest BCUT2D eigenvalue weighted by molar-refractivity contribution is 0.174. The number of nitrogens with zero attached hydrogens (tertiary/aromatic N) is 1. The summed E-state index contributed by atoms with van der Waals surface area (Å²) in [5.41, 5.74) is 0.909. The number of terminal acetylenes is 1. The van der Waals surface area contributed by atoms with Gasteiger partial charge in [-0.15, -0.1) is 6.42 Å². The Hall–Kier alpha value is -1.57. The van der Waals surface area contributed by atoms with E-state index in [4.69, 9.17) is 27.5 Å². The third-order valence-electron chi connectivity index (χ3n) is 3.72. The molecule has 0 amide bonds. The van der Waals surface area contributed by atoms with Crippen LogP contribution < -0.4 is 14.8 Å². The lowest BCUT2D eigenvalue weighted by Gasteiger charge is -2.31. The summed E-state index contributed by atoms with van der Waals surface area (Å²) in [6.45, 7) is 3.03. The van der Waals surface area contributed by atoms with Crippen LogP contribution in [0.5, 0.6) is 11.5 Å². The van der Waals surface area contributed by atoms with Crippen molar-refractivity contribution in [2.45, 2.75) is 18.9 Å². The van der Waals surface area contributed by atoms with E-state index in [0.29, 0.717) is 16.8 Å². The molecule has 0 spiro atoms. The van der Waals surface area contributed by atoms with E-state index in [9.17, 15) is 0 Å². The van der Waals surface area contributed by atoms with Crippen LogP contribution in [0.2, 0.25) is 5.02 Å². The number of benzene rings is 1. The Bertz CT molecular complexity index is 533. The van der Waals surface area contributed by atoms with E-state index in [1.54, 1.807) is 6.07 Å². The standard InChI is InChI=1S/C15H17ClN2O2/c1-2-5-18-6-3-11(4-7-18)17-13-9-15-14(8-12(13)16)19-10-20-15/h1,8-9,11,17H,3-7,10H2. The van der Waals surface area contributed by atoms with Gasteiger partial charge in [0.25, 0.3) is 0 Å². The normalized spacial score (nSPS) is 18.8. The molecule has 0 saturated carbocycles.